The molecule has 0 saturated carbocycles. The molecular weight excluding hydrogens is 767 g/mol. The maximum atomic E-state index is 5.30. The minimum atomic E-state index is -0.417. The number of benzene rings is 9. The van der Waals surface area contributed by atoms with Gasteiger partial charge in [0, 0.05) is 38.4 Å². The molecule has 0 amide bonds. The molecule has 0 fully saturated rings. The maximum absolute atomic E-state index is 5.30. The maximum Gasteiger partial charge on any atom is 0.238 e. The first kappa shape index (κ1) is 34.3. The summed E-state index contributed by atoms with van der Waals surface area (Å²) in [7, 11) is 0. The summed E-state index contributed by atoms with van der Waals surface area (Å²) in [5.74, 6) is 1.81. The van der Waals surface area contributed by atoms with Gasteiger partial charge in [0.25, 0.3) is 0 Å². The Bertz CT molecular complexity index is 3770. The van der Waals surface area contributed by atoms with Gasteiger partial charge in [-0.2, -0.15) is 9.97 Å². The molecular formula is C58H35N5. The Morgan fingerprint density at radius 3 is 1.40 bits per heavy atom. The van der Waals surface area contributed by atoms with Crippen molar-refractivity contribution in [2.45, 2.75) is 5.41 Å². The van der Waals surface area contributed by atoms with Gasteiger partial charge < -0.3 is 4.57 Å². The SMILES string of the molecule is c1ccc(-c2nc(-c3cccc(-n4c5ccccc5c5cc6c(cc54)-c4ccccc4C64c5ccccc5-c5ccccc54)c3)nc(-n3c4ccccc4c4ccccc43)n2)cc1. The van der Waals surface area contributed by atoms with Crippen molar-refractivity contribution < 1.29 is 0 Å². The molecule has 0 aliphatic heterocycles. The molecule has 2 aliphatic carbocycles. The van der Waals surface area contributed by atoms with E-state index in [1.165, 1.54) is 55.3 Å². The molecule has 5 nitrogen and oxygen atoms in total. The second-order valence-electron chi connectivity index (χ2n) is 16.7. The van der Waals surface area contributed by atoms with Crippen molar-refractivity contribution in [1.29, 1.82) is 0 Å². The van der Waals surface area contributed by atoms with E-state index >= 15 is 0 Å². The van der Waals surface area contributed by atoms with Crippen molar-refractivity contribution in [2.75, 3.05) is 0 Å². The van der Waals surface area contributed by atoms with Crippen LogP contribution in [0.25, 0.3) is 100 Å². The van der Waals surface area contributed by atoms with E-state index in [2.05, 4.69) is 203 Å². The first-order valence-electron chi connectivity index (χ1n) is 21.5. The molecule has 0 unspecified atom stereocenters. The summed E-state index contributed by atoms with van der Waals surface area (Å²) in [5, 5.41) is 4.76. The van der Waals surface area contributed by atoms with Crippen molar-refractivity contribution in [1.82, 2.24) is 24.1 Å². The van der Waals surface area contributed by atoms with Gasteiger partial charge in [-0.1, -0.05) is 170 Å². The second kappa shape index (κ2) is 12.8. The minimum absolute atomic E-state index is 0.417. The van der Waals surface area contributed by atoms with Gasteiger partial charge in [-0.3, -0.25) is 4.57 Å². The predicted octanol–water partition coefficient (Wildman–Crippen LogP) is 13.7. The summed E-state index contributed by atoms with van der Waals surface area (Å²) in [6, 6.07) is 76.7. The Morgan fingerprint density at radius 2 is 0.778 bits per heavy atom. The first-order chi connectivity index (χ1) is 31.3. The minimum Gasteiger partial charge on any atom is -0.309 e. The fourth-order valence-corrected chi connectivity index (χ4v) is 11.1. The molecule has 292 valence electrons. The third-order valence-electron chi connectivity index (χ3n) is 13.6. The molecule has 9 aromatic carbocycles. The lowest BCUT2D eigenvalue weighted by Crippen LogP contribution is -2.25. The van der Waals surface area contributed by atoms with Crippen LogP contribution in [0.2, 0.25) is 0 Å². The third-order valence-corrected chi connectivity index (χ3v) is 13.6. The van der Waals surface area contributed by atoms with Crippen LogP contribution in [-0.4, -0.2) is 24.1 Å². The molecule has 14 rings (SSSR count). The lowest BCUT2D eigenvalue weighted by atomic mass is 9.70. The number of aromatic nitrogens is 5. The van der Waals surface area contributed by atoms with Crippen LogP contribution in [0, 0.1) is 0 Å². The van der Waals surface area contributed by atoms with Crippen molar-refractivity contribution >= 4 is 43.6 Å². The summed E-state index contributed by atoms with van der Waals surface area (Å²) < 4.78 is 4.59. The fraction of sp³-hybridized carbons (Fsp3) is 0.0172. The largest absolute Gasteiger partial charge is 0.309 e. The van der Waals surface area contributed by atoms with Gasteiger partial charge in [-0.15, -0.1) is 0 Å². The molecule has 3 aromatic heterocycles. The van der Waals surface area contributed by atoms with Crippen LogP contribution < -0.4 is 0 Å². The smallest absolute Gasteiger partial charge is 0.238 e. The molecule has 2 aliphatic rings. The molecule has 1 spiro atoms. The first-order valence-corrected chi connectivity index (χ1v) is 21.5. The van der Waals surface area contributed by atoms with Crippen molar-refractivity contribution in [3.8, 4) is 56.7 Å². The number of fused-ring (bicyclic) bond motifs is 16. The van der Waals surface area contributed by atoms with Crippen molar-refractivity contribution in [3.63, 3.8) is 0 Å². The topological polar surface area (TPSA) is 48.5 Å². The number of rotatable bonds is 4. The summed E-state index contributed by atoms with van der Waals surface area (Å²) in [6.45, 7) is 0. The van der Waals surface area contributed by atoms with Gasteiger partial charge in [0.05, 0.1) is 27.5 Å². The molecule has 5 heteroatoms. The highest BCUT2D eigenvalue weighted by Gasteiger charge is 2.51. The van der Waals surface area contributed by atoms with Gasteiger partial charge >= 0.3 is 0 Å². The average molecular weight is 802 g/mol. The summed E-state index contributed by atoms with van der Waals surface area (Å²) >= 11 is 0. The monoisotopic (exact) mass is 801 g/mol. The van der Waals surface area contributed by atoms with E-state index < -0.39 is 5.41 Å². The van der Waals surface area contributed by atoms with E-state index in [9.17, 15) is 0 Å². The fourth-order valence-electron chi connectivity index (χ4n) is 11.1. The molecule has 0 radical (unpaired) electrons. The van der Waals surface area contributed by atoms with E-state index in [-0.39, 0.29) is 0 Å². The Balaban J connectivity index is 1.01. The highest BCUT2D eigenvalue weighted by Crippen LogP contribution is 2.63. The van der Waals surface area contributed by atoms with Crippen LogP contribution in [-0.2, 0) is 5.41 Å². The summed E-state index contributed by atoms with van der Waals surface area (Å²) in [5.41, 5.74) is 17.4. The quantitative estimate of drug-likeness (QED) is 0.178. The zero-order valence-corrected chi connectivity index (χ0v) is 33.9. The highest BCUT2D eigenvalue weighted by molar-refractivity contribution is 6.13. The molecule has 63 heavy (non-hydrogen) atoms. The molecule has 0 atom stereocenters. The highest BCUT2D eigenvalue weighted by atomic mass is 15.2. The number of hydrogen-bond donors (Lipinski definition) is 0. The van der Waals surface area contributed by atoms with E-state index in [0.717, 1.165) is 49.7 Å². The third kappa shape index (κ3) is 4.63. The van der Waals surface area contributed by atoms with Gasteiger partial charge in [0.15, 0.2) is 11.6 Å². The van der Waals surface area contributed by atoms with Crippen molar-refractivity contribution in [3.05, 3.63) is 235 Å². The summed E-state index contributed by atoms with van der Waals surface area (Å²) in [4.78, 5) is 15.7. The van der Waals surface area contributed by atoms with Gasteiger partial charge in [-0.05, 0) is 87.0 Å². The predicted molar refractivity (Wildman–Crippen MR) is 256 cm³/mol. The van der Waals surface area contributed by atoms with Crippen LogP contribution in [0.1, 0.15) is 22.3 Å². The lowest BCUT2D eigenvalue weighted by molar-refractivity contribution is 0.795. The van der Waals surface area contributed by atoms with Crippen LogP contribution in [0.3, 0.4) is 0 Å². The van der Waals surface area contributed by atoms with E-state index in [1.54, 1.807) is 0 Å². The van der Waals surface area contributed by atoms with Crippen LogP contribution in [0.15, 0.2) is 212 Å². The van der Waals surface area contributed by atoms with Gasteiger partial charge in [0.1, 0.15) is 0 Å². The van der Waals surface area contributed by atoms with E-state index in [4.69, 9.17) is 15.0 Å². The van der Waals surface area contributed by atoms with Gasteiger partial charge in [-0.25, -0.2) is 4.98 Å². The van der Waals surface area contributed by atoms with Crippen LogP contribution in [0.4, 0.5) is 0 Å². The Kier molecular flexibility index (Phi) is 6.97. The number of hydrogen-bond acceptors (Lipinski definition) is 3. The number of para-hydroxylation sites is 3. The Labute approximate surface area is 362 Å². The second-order valence-corrected chi connectivity index (χ2v) is 16.7. The molecule has 12 aromatic rings. The molecule has 3 heterocycles. The van der Waals surface area contributed by atoms with Crippen LogP contribution >= 0.6 is 0 Å². The van der Waals surface area contributed by atoms with Gasteiger partial charge in [0.2, 0.25) is 5.95 Å². The summed E-state index contributed by atoms with van der Waals surface area (Å²) in [6.07, 6.45) is 0. The number of nitrogens with zero attached hydrogens (tertiary/aromatic N) is 5. The van der Waals surface area contributed by atoms with E-state index in [0.29, 0.717) is 17.6 Å². The molecule has 0 bridgehead atoms. The van der Waals surface area contributed by atoms with Crippen molar-refractivity contribution in [2.24, 2.45) is 0 Å². The normalized spacial score (nSPS) is 13.2. The van der Waals surface area contributed by atoms with E-state index in [1.807, 2.05) is 18.2 Å². The van der Waals surface area contributed by atoms with Crippen LogP contribution in [0.5, 0.6) is 0 Å². The zero-order valence-electron chi connectivity index (χ0n) is 33.9. The average Bonchev–Trinajstić information content (AvgIpc) is 4.05. The Morgan fingerprint density at radius 1 is 0.302 bits per heavy atom. The molecule has 0 saturated heterocycles. The lowest BCUT2D eigenvalue weighted by Gasteiger charge is -2.30. The Hall–Kier alpha value is -8.41. The zero-order chi connectivity index (χ0) is 41.2. The standard InChI is InChI=1S/C58H35N5/c1-2-17-36(18-3-1)55-59-56(61-57(60-55)63-52-31-14-7-24-42(52)43-25-8-15-32-53(43)63)37-19-16-20-38(33-37)62-51-30-13-9-26-44(51)46-34-50-45(35-54(46)62)41-23-6-12-29-49(41)58(50)47-27-10-4-21-39(47)40-22-5-11-28-48(40)58/h1-35H. The molecule has 0 N–H and O–H groups in total.